The number of pyridine rings is 1. The molecule has 0 amide bonds. The van der Waals surface area contributed by atoms with E-state index in [4.69, 9.17) is 5.26 Å². The molecule has 0 aliphatic heterocycles. The van der Waals surface area contributed by atoms with Crippen LogP contribution in [0, 0.1) is 11.3 Å². The van der Waals surface area contributed by atoms with Crippen molar-refractivity contribution in [3.8, 4) is 17.8 Å². The maximum atomic E-state index is 12.7. The van der Waals surface area contributed by atoms with E-state index in [1.54, 1.807) is 6.07 Å². The first kappa shape index (κ1) is 14.0. The standard InChI is InChI=1S/C10H8F4N2O2/c1-17-8-4-6(5-11)7(2-3-15)9(16-8)18-10(12,13)14/h4H,2,5H2,1H3. The van der Waals surface area contributed by atoms with Crippen molar-refractivity contribution in [3.05, 3.63) is 17.2 Å². The lowest BCUT2D eigenvalue weighted by atomic mass is 10.1. The third-order valence-electron chi connectivity index (χ3n) is 1.98. The number of alkyl halides is 4. The molecule has 0 N–H and O–H groups in total. The Morgan fingerprint density at radius 3 is 2.56 bits per heavy atom. The Morgan fingerprint density at radius 1 is 1.44 bits per heavy atom. The van der Waals surface area contributed by atoms with Crippen molar-refractivity contribution in [2.45, 2.75) is 19.5 Å². The molecule has 1 aromatic rings. The monoisotopic (exact) mass is 264 g/mol. The maximum absolute atomic E-state index is 12.7. The number of methoxy groups -OCH3 is 1. The average molecular weight is 264 g/mol. The van der Waals surface area contributed by atoms with Gasteiger partial charge in [-0.25, -0.2) is 4.39 Å². The van der Waals surface area contributed by atoms with Crippen LogP contribution in [0.2, 0.25) is 0 Å². The Hall–Kier alpha value is -2.04. The highest BCUT2D eigenvalue weighted by Crippen LogP contribution is 2.30. The van der Waals surface area contributed by atoms with Crippen LogP contribution in [-0.2, 0) is 13.1 Å². The van der Waals surface area contributed by atoms with E-state index in [2.05, 4.69) is 14.5 Å². The Labute approximate surface area is 99.8 Å². The van der Waals surface area contributed by atoms with Crippen molar-refractivity contribution in [2.24, 2.45) is 0 Å². The van der Waals surface area contributed by atoms with Gasteiger partial charge in [0.25, 0.3) is 0 Å². The van der Waals surface area contributed by atoms with Gasteiger partial charge in [-0.1, -0.05) is 0 Å². The highest BCUT2D eigenvalue weighted by atomic mass is 19.4. The first-order valence-electron chi connectivity index (χ1n) is 4.66. The summed E-state index contributed by atoms with van der Waals surface area (Å²) < 4.78 is 57.5. The molecule has 1 heterocycles. The Morgan fingerprint density at radius 2 is 2.11 bits per heavy atom. The zero-order valence-corrected chi connectivity index (χ0v) is 9.21. The second-order valence-electron chi connectivity index (χ2n) is 3.12. The second-order valence-corrected chi connectivity index (χ2v) is 3.12. The van der Waals surface area contributed by atoms with Crippen molar-refractivity contribution in [1.82, 2.24) is 4.98 Å². The van der Waals surface area contributed by atoms with Crippen LogP contribution in [0.15, 0.2) is 6.07 Å². The molecule has 98 valence electrons. The van der Waals surface area contributed by atoms with Gasteiger partial charge in [-0.05, 0) is 5.56 Å². The maximum Gasteiger partial charge on any atom is 0.574 e. The number of hydrogen-bond acceptors (Lipinski definition) is 4. The highest BCUT2D eigenvalue weighted by Gasteiger charge is 2.33. The van der Waals surface area contributed by atoms with Gasteiger partial charge < -0.3 is 9.47 Å². The third kappa shape index (κ3) is 3.48. The van der Waals surface area contributed by atoms with Gasteiger partial charge in [0.2, 0.25) is 11.8 Å². The zero-order valence-electron chi connectivity index (χ0n) is 9.21. The van der Waals surface area contributed by atoms with E-state index in [1.807, 2.05) is 0 Å². The molecule has 1 rings (SSSR count). The number of ether oxygens (including phenoxy) is 2. The molecule has 0 aliphatic rings. The minimum atomic E-state index is -4.98. The summed E-state index contributed by atoms with van der Waals surface area (Å²) in [5, 5.41) is 8.52. The first-order chi connectivity index (χ1) is 8.41. The van der Waals surface area contributed by atoms with Crippen molar-refractivity contribution < 1.29 is 27.0 Å². The first-order valence-corrected chi connectivity index (χ1v) is 4.66. The normalized spacial score (nSPS) is 10.9. The molecule has 0 saturated carbocycles. The quantitative estimate of drug-likeness (QED) is 0.784. The second kappa shape index (κ2) is 5.53. The number of nitrogens with zero attached hydrogens (tertiary/aromatic N) is 2. The molecule has 0 fully saturated rings. The minimum Gasteiger partial charge on any atom is -0.481 e. The Balaban J connectivity index is 3.30. The number of hydrogen-bond donors (Lipinski definition) is 0. The summed E-state index contributed by atoms with van der Waals surface area (Å²) in [6, 6.07) is 2.75. The number of halogens is 4. The van der Waals surface area contributed by atoms with E-state index < -0.39 is 25.3 Å². The predicted molar refractivity (Wildman–Crippen MR) is 51.6 cm³/mol. The number of rotatable bonds is 4. The fourth-order valence-corrected chi connectivity index (χ4v) is 1.26. The van der Waals surface area contributed by atoms with Crippen LogP contribution in [0.4, 0.5) is 17.6 Å². The fraction of sp³-hybridized carbons (Fsp3) is 0.400. The molecule has 0 unspecified atom stereocenters. The minimum absolute atomic E-state index is 0.123. The SMILES string of the molecule is COc1cc(CF)c(CC#N)c(OC(F)(F)F)n1. The summed E-state index contributed by atoms with van der Waals surface area (Å²) >= 11 is 0. The molecule has 0 saturated heterocycles. The molecule has 4 nitrogen and oxygen atoms in total. The van der Waals surface area contributed by atoms with E-state index in [-0.39, 0.29) is 17.0 Å². The molecule has 8 heteroatoms. The molecular formula is C10H8F4N2O2. The topological polar surface area (TPSA) is 55.1 Å². The van der Waals surface area contributed by atoms with Crippen LogP contribution in [0.25, 0.3) is 0 Å². The van der Waals surface area contributed by atoms with Gasteiger partial charge in [0.1, 0.15) is 6.67 Å². The van der Waals surface area contributed by atoms with Gasteiger partial charge in [-0.15, -0.1) is 13.2 Å². The van der Waals surface area contributed by atoms with E-state index in [0.717, 1.165) is 6.07 Å². The van der Waals surface area contributed by atoms with Crippen LogP contribution in [-0.4, -0.2) is 18.5 Å². The number of nitriles is 1. The van der Waals surface area contributed by atoms with Crippen LogP contribution in [0.3, 0.4) is 0 Å². The average Bonchev–Trinajstić information content (AvgIpc) is 2.29. The Bertz CT molecular complexity index is 468. The lowest BCUT2D eigenvalue weighted by Crippen LogP contribution is -2.19. The van der Waals surface area contributed by atoms with Crippen LogP contribution >= 0.6 is 0 Å². The molecule has 0 aromatic carbocycles. The highest BCUT2D eigenvalue weighted by molar-refractivity contribution is 5.40. The molecule has 0 spiro atoms. The molecule has 0 radical (unpaired) electrons. The smallest absolute Gasteiger partial charge is 0.481 e. The van der Waals surface area contributed by atoms with Crippen LogP contribution < -0.4 is 9.47 Å². The molecular weight excluding hydrogens is 256 g/mol. The van der Waals surface area contributed by atoms with Crippen molar-refractivity contribution in [3.63, 3.8) is 0 Å². The van der Waals surface area contributed by atoms with Gasteiger partial charge >= 0.3 is 6.36 Å². The zero-order chi connectivity index (χ0) is 13.8. The van der Waals surface area contributed by atoms with Crippen molar-refractivity contribution in [1.29, 1.82) is 5.26 Å². The predicted octanol–water partition coefficient (Wildman–Crippen LogP) is 2.52. The number of aromatic nitrogens is 1. The van der Waals surface area contributed by atoms with Crippen molar-refractivity contribution in [2.75, 3.05) is 7.11 Å². The molecule has 0 aliphatic carbocycles. The van der Waals surface area contributed by atoms with Gasteiger partial charge in [0.15, 0.2) is 0 Å². The lowest BCUT2D eigenvalue weighted by molar-refractivity contribution is -0.276. The fourth-order valence-electron chi connectivity index (χ4n) is 1.26. The Kier molecular flexibility index (Phi) is 4.31. The van der Waals surface area contributed by atoms with Crippen molar-refractivity contribution >= 4 is 0 Å². The largest absolute Gasteiger partial charge is 0.574 e. The van der Waals surface area contributed by atoms with Crippen LogP contribution in [0.1, 0.15) is 11.1 Å². The summed E-state index contributed by atoms with van der Waals surface area (Å²) in [6.45, 7) is -1.05. The molecule has 1 aromatic heterocycles. The van der Waals surface area contributed by atoms with Gasteiger partial charge in [0.05, 0.1) is 19.6 Å². The van der Waals surface area contributed by atoms with Gasteiger partial charge in [0, 0.05) is 11.6 Å². The van der Waals surface area contributed by atoms with E-state index in [0.29, 0.717) is 0 Å². The van der Waals surface area contributed by atoms with Gasteiger partial charge in [-0.2, -0.15) is 10.2 Å². The summed E-state index contributed by atoms with van der Waals surface area (Å²) in [7, 11) is 1.17. The lowest BCUT2D eigenvalue weighted by Gasteiger charge is -2.14. The summed E-state index contributed by atoms with van der Waals surface area (Å²) in [6.07, 6.45) is -5.42. The van der Waals surface area contributed by atoms with Crippen LogP contribution in [0.5, 0.6) is 11.8 Å². The summed E-state index contributed by atoms with van der Waals surface area (Å²) in [4.78, 5) is 3.42. The third-order valence-corrected chi connectivity index (χ3v) is 1.98. The van der Waals surface area contributed by atoms with E-state index >= 15 is 0 Å². The summed E-state index contributed by atoms with van der Waals surface area (Å²) in [5.74, 6) is -1.08. The van der Waals surface area contributed by atoms with Gasteiger partial charge in [-0.3, -0.25) is 0 Å². The van der Waals surface area contributed by atoms with E-state index in [9.17, 15) is 17.6 Å². The molecule has 18 heavy (non-hydrogen) atoms. The molecule has 0 atom stereocenters. The summed E-state index contributed by atoms with van der Waals surface area (Å²) in [5.41, 5.74) is -0.360. The molecule has 0 bridgehead atoms. The van der Waals surface area contributed by atoms with E-state index in [1.165, 1.54) is 7.11 Å².